The van der Waals surface area contributed by atoms with E-state index in [0.717, 1.165) is 18.5 Å². The van der Waals surface area contributed by atoms with Crippen molar-refractivity contribution in [3.05, 3.63) is 23.0 Å². The van der Waals surface area contributed by atoms with E-state index in [4.69, 9.17) is 5.26 Å². The summed E-state index contributed by atoms with van der Waals surface area (Å²) >= 11 is 0. The third-order valence-electron chi connectivity index (χ3n) is 2.40. The van der Waals surface area contributed by atoms with E-state index in [1.165, 1.54) is 17.7 Å². The standard InChI is InChI=1S/C9H10N2/c1-7-8(5-10)6-11-4-2-3-9(7)11/h6H,2-4H2,1H3. The molecule has 0 N–H and O–H groups in total. The summed E-state index contributed by atoms with van der Waals surface area (Å²) in [7, 11) is 0. The maximum atomic E-state index is 8.71. The normalized spacial score (nSPS) is 14.5. The van der Waals surface area contributed by atoms with Crippen LogP contribution in [0.25, 0.3) is 0 Å². The Hall–Kier alpha value is -1.23. The molecule has 0 spiro atoms. The molecule has 1 aliphatic heterocycles. The molecule has 11 heavy (non-hydrogen) atoms. The van der Waals surface area contributed by atoms with Crippen LogP contribution < -0.4 is 0 Å². The molecule has 0 fully saturated rings. The summed E-state index contributed by atoms with van der Waals surface area (Å²) in [5.41, 5.74) is 3.39. The van der Waals surface area contributed by atoms with Gasteiger partial charge in [0, 0.05) is 18.4 Å². The second-order valence-electron chi connectivity index (χ2n) is 3.02. The quantitative estimate of drug-likeness (QED) is 0.546. The lowest BCUT2D eigenvalue weighted by molar-refractivity contribution is 0.749. The van der Waals surface area contributed by atoms with Crippen molar-refractivity contribution in [3.8, 4) is 6.07 Å². The molecule has 2 heterocycles. The van der Waals surface area contributed by atoms with E-state index >= 15 is 0 Å². The highest BCUT2D eigenvalue weighted by atomic mass is 15.0. The molecule has 0 unspecified atom stereocenters. The maximum absolute atomic E-state index is 8.71. The lowest BCUT2D eigenvalue weighted by Crippen LogP contribution is -1.87. The van der Waals surface area contributed by atoms with Gasteiger partial charge >= 0.3 is 0 Å². The first kappa shape index (κ1) is 6.48. The largest absolute Gasteiger partial charge is 0.350 e. The van der Waals surface area contributed by atoms with Crippen molar-refractivity contribution in [2.24, 2.45) is 0 Å². The van der Waals surface area contributed by atoms with Gasteiger partial charge in [0.25, 0.3) is 0 Å². The number of hydrogen-bond acceptors (Lipinski definition) is 1. The SMILES string of the molecule is Cc1c(C#N)cn2c1CCC2. The van der Waals surface area contributed by atoms with E-state index in [0.29, 0.717) is 0 Å². The molecule has 0 saturated heterocycles. The molecular weight excluding hydrogens is 136 g/mol. The number of nitrogens with zero attached hydrogens (tertiary/aromatic N) is 2. The van der Waals surface area contributed by atoms with Gasteiger partial charge in [0.05, 0.1) is 5.56 Å². The van der Waals surface area contributed by atoms with Crippen LogP contribution in [0, 0.1) is 18.3 Å². The first-order valence-corrected chi connectivity index (χ1v) is 3.91. The summed E-state index contributed by atoms with van der Waals surface area (Å²) in [5.74, 6) is 0. The highest BCUT2D eigenvalue weighted by Gasteiger charge is 2.15. The van der Waals surface area contributed by atoms with Gasteiger partial charge in [-0.2, -0.15) is 5.26 Å². The van der Waals surface area contributed by atoms with Crippen LogP contribution in [0.2, 0.25) is 0 Å². The number of fused-ring (bicyclic) bond motifs is 1. The summed E-state index contributed by atoms with van der Waals surface area (Å²) in [6.45, 7) is 3.13. The van der Waals surface area contributed by atoms with Crippen LogP contribution in [0.5, 0.6) is 0 Å². The van der Waals surface area contributed by atoms with E-state index < -0.39 is 0 Å². The molecule has 0 saturated carbocycles. The molecule has 0 bridgehead atoms. The summed E-state index contributed by atoms with van der Waals surface area (Å²) < 4.78 is 2.20. The van der Waals surface area contributed by atoms with Crippen molar-refractivity contribution in [2.45, 2.75) is 26.3 Å². The van der Waals surface area contributed by atoms with Gasteiger partial charge in [-0.05, 0) is 25.3 Å². The maximum Gasteiger partial charge on any atom is 0.101 e. The van der Waals surface area contributed by atoms with Crippen LogP contribution in [0.15, 0.2) is 6.20 Å². The van der Waals surface area contributed by atoms with Gasteiger partial charge in [-0.15, -0.1) is 0 Å². The van der Waals surface area contributed by atoms with Crippen molar-refractivity contribution in [1.29, 1.82) is 5.26 Å². The van der Waals surface area contributed by atoms with Gasteiger partial charge in [0.15, 0.2) is 0 Å². The van der Waals surface area contributed by atoms with Gasteiger partial charge < -0.3 is 4.57 Å². The predicted octanol–water partition coefficient (Wildman–Crippen LogP) is 1.61. The monoisotopic (exact) mass is 146 g/mol. The van der Waals surface area contributed by atoms with Crippen LogP contribution in [-0.4, -0.2) is 4.57 Å². The van der Waals surface area contributed by atoms with Crippen molar-refractivity contribution in [3.63, 3.8) is 0 Å². The fourth-order valence-corrected chi connectivity index (χ4v) is 1.76. The molecule has 1 aromatic rings. The van der Waals surface area contributed by atoms with Gasteiger partial charge in [0.2, 0.25) is 0 Å². The molecule has 2 rings (SSSR count). The van der Waals surface area contributed by atoms with E-state index in [1.807, 2.05) is 13.1 Å². The molecule has 0 radical (unpaired) electrons. The van der Waals surface area contributed by atoms with Gasteiger partial charge in [0.1, 0.15) is 6.07 Å². The number of aromatic nitrogens is 1. The van der Waals surface area contributed by atoms with Crippen molar-refractivity contribution >= 4 is 0 Å². The molecule has 2 nitrogen and oxygen atoms in total. The minimum Gasteiger partial charge on any atom is -0.350 e. The van der Waals surface area contributed by atoms with Gasteiger partial charge in [-0.1, -0.05) is 0 Å². The Balaban J connectivity index is 2.60. The minimum absolute atomic E-state index is 0.847. The average Bonchev–Trinajstić information content (AvgIpc) is 2.53. The van der Waals surface area contributed by atoms with Crippen LogP contribution in [0.1, 0.15) is 23.2 Å². The van der Waals surface area contributed by atoms with E-state index in [2.05, 4.69) is 10.6 Å². The molecule has 1 aromatic heterocycles. The molecule has 1 aliphatic rings. The lowest BCUT2D eigenvalue weighted by Gasteiger charge is -1.92. The Morgan fingerprint density at radius 1 is 1.64 bits per heavy atom. The van der Waals surface area contributed by atoms with Crippen molar-refractivity contribution < 1.29 is 0 Å². The zero-order valence-corrected chi connectivity index (χ0v) is 6.59. The van der Waals surface area contributed by atoms with Crippen molar-refractivity contribution in [2.75, 3.05) is 0 Å². The second-order valence-corrected chi connectivity index (χ2v) is 3.02. The molecule has 0 atom stereocenters. The molecule has 0 aliphatic carbocycles. The third kappa shape index (κ3) is 0.775. The van der Waals surface area contributed by atoms with E-state index in [1.54, 1.807) is 0 Å². The van der Waals surface area contributed by atoms with Crippen LogP contribution in [0.4, 0.5) is 0 Å². The molecule has 56 valence electrons. The first-order chi connectivity index (χ1) is 5.33. The summed E-state index contributed by atoms with van der Waals surface area (Å²) in [5, 5.41) is 8.71. The second kappa shape index (κ2) is 2.13. The molecule has 2 heteroatoms. The van der Waals surface area contributed by atoms with Crippen LogP contribution in [0.3, 0.4) is 0 Å². The number of nitriles is 1. The fourth-order valence-electron chi connectivity index (χ4n) is 1.76. The number of hydrogen-bond donors (Lipinski definition) is 0. The Morgan fingerprint density at radius 3 is 3.09 bits per heavy atom. The predicted molar refractivity (Wildman–Crippen MR) is 42.2 cm³/mol. The fraction of sp³-hybridized carbons (Fsp3) is 0.444. The highest BCUT2D eigenvalue weighted by molar-refractivity contribution is 5.41. The van der Waals surface area contributed by atoms with Gasteiger partial charge in [-0.25, -0.2) is 0 Å². The molecule has 0 amide bonds. The Morgan fingerprint density at radius 2 is 2.45 bits per heavy atom. The summed E-state index contributed by atoms with van der Waals surface area (Å²) in [6, 6.07) is 2.20. The summed E-state index contributed by atoms with van der Waals surface area (Å²) in [4.78, 5) is 0. The van der Waals surface area contributed by atoms with Crippen LogP contribution >= 0.6 is 0 Å². The van der Waals surface area contributed by atoms with E-state index in [9.17, 15) is 0 Å². The van der Waals surface area contributed by atoms with Gasteiger partial charge in [-0.3, -0.25) is 0 Å². The van der Waals surface area contributed by atoms with Crippen molar-refractivity contribution in [1.82, 2.24) is 4.57 Å². The molecule has 0 aromatic carbocycles. The Labute approximate surface area is 66.1 Å². The minimum atomic E-state index is 0.847. The van der Waals surface area contributed by atoms with Crippen LogP contribution in [-0.2, 0) is 13.0 Å². The van der Waals surface area contributed by atoms with E-state index in [-0.39, 0.29) is 0 Å². The summed E-state index contributed by atoms with van der Waals surface area (Å²) in [6.07, 6.45) is 4.35. The highest BCUT2D eigenvalue weighted by Crippen LogP contribution is 2.22. The zero-order chi connectivity index (χ0) is 7.84. The number of aryl methyl sites for hydroxylation is 1. The number of rotatable bonds is 0. The lowest BCUT2D eigenvalue weighted by atomic mass is 10.1. The topological polar surface area (TPSA) is 28.7 Å². The molecular formula is C9H10N2. The first-order valence-electron chi connectivity index (χ1n) is 3.91. The smallest absolute Gasteiger partial charge is 0.101 e. The average molecular weight is 146 g/mol. The Bertz CT molecular complexity index is 328. The zero-order valence-electron chi connectivity index (χ0n) is 6.59. The third-order valence-corrected chi connectivity index (χ3v) is 2.40. The Kier molecular flexibility index (Phi) is 1.25.